The van der Waals surface area contributed by atoms with E-state index in [1.54, 1.807) is 6.92 Å². The zero-order valence-electron chi connectivity index (χ0n) is 17.5. The Balaban J connectivity index is 1.59. The van der Waals surface area contributed by atoms with Gasteiger partial charge in [-0.05, 0) is 30.7 Å². The molecule has 1 aromatic heterocycles. The fourth-order valence-electron chi connectivity index (χ4n) is 4.02. The summed E-state index contributed by atoms with van der Waals surface area (Å²) in [6, 6.07) is 10.8. The van der Waals surface area contributed by atoms with Crippen molar-refractivity contribution in [3.63, 3.8) is 0 Å². The van der Waals surface area contributed by atoms with Crippen molar-refractivity contribution in [2.24, 2.45) is 0 Å². The lowest BCUT2D eigenvalue weighted by Gasteiger charge is -2.41. The number of benzene rings is 1. The van der Waals surface area contributed by atoms with Crippen LogP contribution >= 0.6 is 0 Å². The maximum absolute atomic E-state index is 13.0. The molecule has 0 radical (unpaired) electrons. The fourth-order valence-corrected chi connectivity index (χ4v) is 4.02. The highest BCUT2D eigenvalue weighted by molar-refractivity contribution is 5.48. The van der Waals surface area contributed by atoms with Gasteiger partial charge in [0.15, 0.2) is 6.10 Å². The lowest BCUT2D eigenvalue weighted by atomic mass is 9.91. The average Bonchev–Trinajstić information content (AvgIpc) is 2.80. The van der Waals surface area contributed by atoms with Gasteiger partial charge in [-0.3, -0.25) is 0 Å². The van der Waals surface area contributed by atoms with Gasteiger partial charge in [0.2, 0.25) is 5.88 Å². The second kappa shape index (κ2) is 9.22. The largest absolute Gasteiger partial charge is 0.468 e. The zero-order chi connectivity index (χ0) is 22.9. The third kappa shape index (κ3) is 4.83. The lowest BCUT2D eigenvalue weighted by Crippen LogP contribution is -2.55. The Hall–Kier alpha value is -2.40. The van der Waals surface area contributed by atoms with Crippen molar-refractivity contribution in [2.75, 3.05) is 31.1 Å². The predicted molar refractivity (Wildman–Crippen MR) is 110 cm³/mol. The van der Waals surface area contributed by atoms with E-state index < -0.39 is 42.4 Å². The van der Waals surface area contributed by atoms with E-state index in [0.717, 1.165) is 37.9 Å². The minimum Gasteiger partial charge on any atom is -0.468 e. The van der Waals surface area contributed by atoms with Crippen molar-refractivity contribution in [3.05, 3.63) is 53.7 Å². The monoisotopic (exact) mass is 453 g/mol. The molecule has 2 aliphatic rings. The zero-order valence-corrected chi connectivity index (χ0v) is 17.5. The first-order valence-electron chi connectivity index (χ1n) is 10.5. The highest BCUT2D eigenvalue weighted by Gasteiger charge is 2.45. The number of hydrogen-bond acceptors (Lipinski definition) is 7. The number of aromatic nitrogens is 1. The summed E-state index contributed by atoms with van der Waals surface area (Å²) in [5.41, 5.74) is 0.613. The maximum atomic E-state index is 13.0. The standard InChI is InChI=1S/C22H26F3N3O4/c1-13-18(29)19(30)21(32-17-4-2-3-16(27-17)22(23,24)25)20(31-13)14-5-7-15(8-6-14)28-11-9-26-10-12-28/h2-8,13,18-21,26,29-30H,9-12H2,1H3/t13-,18+,19+,20+,21-/m1/s1. The molecule has 0 bridgehead atoms. The van der Waals surface area contributed by atoms with Crippen LogP contribution < -0.4 is 15.0 Å². The Labute approximate surface area is 183 Å². The molecule has 5 atom stereocenters. The highest BCUT2D eigenvalue weighted by Crippen LogP contribution is 2.36. The van der Waals surface area contributed by atoms with Crippen LogP contribution in [-0.4, -0.2) is 65.8 Å². The van der Waals surface area contributed by atoms with Gasteiger partial charge in [-0.15, -0.1) is 0 Å². The van der Waals surface area contributed by atoms with Crippen LogP contribution in [0.5, 0.6) is 5.88 Å². The summed E-state index contributed by atoms with van der Waals surface area (Å²) in [5, 5.41) is 24.3. The van der Waals surface area contributed by atoms with Gasteiger partial charge in [-0.2, -0.15) is 13.2 Å². The van der Waals surface area contributed by atoms with Crippen molar-refractivity contribution in [3.8, 4) is 5.88 Å². The van der Waals surface area contributed by atoms with Crippen LogP contribution in [-0.2, 0) is 10.9 Å². The van der Waals surface area contributed by atoms with Crippen molar-refractivity contribution >= 4 is 5.69 Å². The highest BCUT2D eigenvalue weighted by atomic mass is 19.4. The number of halogens is 3. The van der Waals surface area contributed by atoms with Crippen LogP contribution in [0.25, 0.3) is 0 Å². The minimum atomic E-state index is -4.63. The molecule has 2 saturated heterocycles. The topological polar surface area (TPSA) is 87.1 Å². The summed E-state index contributed by atoms with van der Waals surface area (Å²) < 4.78 is 50.7. The van der Waals surface area contributed by atoms with Gasteiger partial charge >= 0.3 is 6.18 Å². The first-order chi connectivity index (χ1) is 15.2. The summed E-state index contributed by atoms with van der Waals surface area (Å²) in [6.45, 7) is 5.18. The van der Waals surface area contributed by atoms with E-state index in [2.05, 4.69) is 15.2 Å². The van der Waals surface area contributed by atoms with E-state index in [4.69, 9.17) is 9.47 Å². The molecule has 4 rings (SSSR count). The van der Waals surface area contributed by atoms with Gasteiger partial charge in [-0.25, -0.2) is 4.98 Å². The van der Waals surface area contributed by atoms with E-state index >= 15 is 0 Å². The van der Waals surface area contributed by atoms with Gasteiger partial charge in [0.05, 0.1) is 6.10 Å². The molecule has 2 aliphatic heterocycles. The molecule has 3 heterocycles. The fraction of sp³-hybridized carbons (Fsp3) is 0.500. The lowest BCUT2D eigenvalue weighted by molar-refractivity contribution is -0.213. The normalized spacial score (nSPS) is 29.1. The summed E-state index contributed by atoms with van der Waals surface area (Å²) >= 11 is 0. The maximum Gasteiger partial charge on any atom is 0.433 e. The number of pyridine rings is 1. The SMILES string of the molecule is C[C@H]1O[C@@H](c2ccc(N3CCNCC3)cc2)[C@H](Oc2cccc(C(F)(F)F)n2)[C@@H](O)[C@H]1O. The van der Waals surface area contributed by atoms with E-state index in [1.807, 2.05) is 24.3 Å². The number of rotatable bonds is 4. The second-order valence-corrected chi connectivity index (χ2v) is 8.01. The van der Waals surface area contributed by atoms with E-state index in [1.165, 1.54) is 12.1 Å². The Bertz CT molecular complexity index is 906. The number of aliphatic hydroxyl groups excluding tert-OH is 2. The van der Waals surface area contributed by atoms with E-state index in [0.29, 0.717) is 5.56 Å². The van der Waals surface area contributed by atoms with Crippen LogP contribution in [0.1, 0.15) is 24.3 Å². The van der Waals surface area contributed by atoms with Crippen LogP contribution in [0, 0.1) is 0 Å². The molecule has 7 nitrogen and oxygen atoms in total. The summed E-state index contributed by atoms with van der Waals surface area (Å²) in [5.74, 6) is -0.309. The van der Waals surface area contributed by atoms with Crippen molar-refractivity contribution < 1.29 is 32.9 Å². The Morgan fingerprint density at radius 2 is 1.75 bits per heavy atom. The molecular weight excluding hydrogens is 427 g/mol. The number of anilines is 1. The minimum absolute atomic E-state index is 0.309. The van der Waals surface area contributed by atoms with E-state index in [-0.39, 0.29) is 5.88 Å². The Morgan fingerprint density at radius 1 is 1.06 bits per heavy atom. The Kier molecular flexibility index (Phi) is 6.57. The first kappa shape index (κ1) is 22.8. The van der Waals surface area contributed by atoms with Gasteiger partial charge < -0.3 is 29.9 Å². The van der Waals surface area contributed by atoms with E-state index in [9.17, 15) is 23.4 Å². The van der Waals surface area contributed by atoms with Crippen LogP contribution in [0.3, 0.4) is 0 Å². The Morgan fingerprint density at radius 3 is 2.41 bits per heavy atom. The third-order valence-electron chi connectivity index (χ3n) is 5.80. The smallest absolute Gasteiger partial charge is 0.433 e. The van der Waals surface area contributed by atoms with Gasteiger partial charge in [0.1, 0.15) is 24.0 Å². The van der Waals surface area contributed by atoms with Gasteiger partial charge in [0, 0.05) is 37.9 Å². The molecule has 10 heteroatoms. The molecule has 0 unspecified atom stereocenters. The number of nitrogens with zero attached hydrogens (tertiary/aromatic N) is 2. The molecule has 3 N–H and O–H groups in total. The molecule has 0 spiro atoms. The molecule has 32 heavy (non-hydrogen) atoms. The summed E-state index contributed by atoms with van der Waals surface area (Å²) in [6.07, 6.45) is -9.93. The number of hydrogen-bond donors (Lipinski definition) is 3. The predicted octanol–water partition coefficient (Wildman–Crippen LogP) is 2.14. The molecule has 0 saturated carbocycles. The molecule has 2 fully saturated rings. The first-order valence-corrected chi connectivity index (χ1v) is 10.5. The molecule has 174 valence electrons. The molecular formula is C22H26F3N3O4. The van der Waals surface area contributed by atoms with Crippen LogP contribution in [0.4, 0.5) is 18.9 Å². The molecule has 0 aliphatic carbocycles. The average molecular weight is 453 g/mol. The third-order valence-corrected chi connectivity index (χ3v) is 5.80. The number of aliphatic hydroxyl groups is 2. The number of alkyl halides is 3. The van der Waals surface area contributed by atoms with Crippen molar-refractivity contribution in [1.29, 1.82) is 0 Å². The number of nitrogens with one attached hydrogen (secondary N) is 1. The van der Waals surface area contributed by atoms with Crippen LogP contribution in [0.2, 0.25) is 0 Å². The van der Waals surface area contributed by atoms with Crippen molar-refractivity contribution in [1.82, 2.24) is 10.3 Å². The molecule has 0 amide bonds. The number of piperazine rings is 1. The van der Waals surface area contributed by atoms with Gasteiger partial charge in [0.25, 0.3) is 0 Å². The van der Waals surface area contributed by atoms with Crippen molar-refractivity contribution in [2.45, 2.75) is 43.6 Å². The second-order valence-electron chi connectivity index (χ2n) is 8.01. The summed E-state index contributed by atoms with van der Waals surface area (Å²) in [4.78, 5) is 5.75. The summed E-state index contributed by atoms with van der Waals surface area (Å²) in [7, 11) is 0. The number of ether oxygens (including phenoxy) is 2. The van der Waals surface area contributed by atoms with Gasteiger partial charge in [-0.1, -0.05) is 18.2 Å². The molecule has 1 aromatic carbocycles. The quantitative estimate of drug-likeness (QED) is 0.654. The van der Waals surface area contributed by atoms with Crippen LogP contribution in [0.15, 0.2) is 42.5 Å². The molecule has 2 aromatic rings.